The number of nitrogens with zero attached hydrogens (tertiary/aromatic N) is 2. The average Bonchev–Trinajstić information content (AvgIpc) is 3.14. The number of amides is 1. The van der Waals surface area contributed by atoms with Gasteiger partial charge in [0.1, 0.15) is 0 Å². The Morgan fingerprint density at radius 2 is 1.69 bits per heavy atom. The van der Waals surface area contributed by atoms with Gasteiger partial charge in [0.2, 0.25) is 5.91 Å². The highest BCUT2D eigenvalue weighted by Crippen LogP contribution is 2.31. The van der Waals surface area contributed by atoms with E-state index in [1.807, 2.05) is 24.3 Å². The van der Waals surface area contributed by atoms with Crippen LogP contribution in [-0.4, -0.2) is 28.5 Å². The third-order valence-electron chi connectivity index (χ3n) is 6.67. The molecular formula is C27H28ClN3O. The lowest BCUT2D eigenvalue weighted by Gasteiger charge is -2.31. The van der Waals surface area contributed by atoms with Crippen molar-refractivity contribution in [1.29, 1.82) is 0 Å². The van der Waals surface area contributed by atoms with E-state index in [2.05, 4.69) is 64.2 Å². The van der Waals surface area contributed by atoms with Crippen molar-refractivity contribution in [3.8, 4) is 0 Å². The van der Waals surface area contributed by atoms with Crippen molar-refractivity contribution in [1.82, 2.24) is 9.47 Å². The lowest BCUT2D eigenvalue weighted by molar-refractivity contribution is -0.121. The van der Waals surface area contributed by atoms with Crippen molar-refractivity contribution < 1.29 is 4.79 Å². The molecule has 5 heteroatoms. The first-order valence-corrected chi connectivity index (χ1v) is 11.8. The van der Waals surface area contributed by atoms with E-state index < -0.39 is 0 Å². The largest absolute Gasteiger partial charge is 0.341 e. The van der Waals surface area contributed by atoms with Gasteiger partial charge in [0.15, 0.2) is 0 Å². The smallest absolute Gasteiger partial charge is 0.227 e. The molecule has 1 aliphatic rings. The van der Waals surface area contributed by atoms with Gasteiger partial charge in [-0.15, -0.1) is 0 Å². The topological polar surface area (TPSA) is 37.3 Å². The van der Waals surface area contributed by atoms with E-state index in [1.54, 1.807) is 0 Å². The first kappa shape index (κ1) is 21.0. The third-order valence-corrected chi connectivity index (χ3v) is 7.04. The van der Waals surface area contributed by atoms with Crippen molar-refractivity contribution in [3.63, 3.8) is 0 Å². The number of anilines is 1. The van der Waals surface area contributed by atoms with Gasteiger partial charge in [-0.05, 0) is 68.8 Å². The number of likely N-dealkylation sites (tertiary alicyclic amines) is 1. The molecule has 1 fully saturated rings. The molecule has 1 saturated heterocycles. The molecule has 1 N–H and O–H groups in total. The molecule has 1 amide bonds. The SMILES string of the molecule is CCn1c2ccccc2c2cc(NC(=O)C3CCN(Cc4ccccc4Cl)CC3)ccc21. The molecule has 5 rings (SSSR count). The lowest BCUT2D eigenvalue weighted by Crippen LogP contribution is -2.37. The molecule has 0 bridgehead atoms. The molecule has 0 unspecified atom stereocenters. The van der Waals surface area contributed by atoms with E-state index >= 15 is 0 Å². The normalized spacial score (nSPS) is 15.4. The Bertz CT molecular complexity index is 1270. The molecule has 2 heterocycles. The number of hydrogen-bond acceptors (Lipinski definition) is 2. The van der Waals surface area contributed by atoms with Crippen molar-refractivity contribution >= 4 is 45.0 Å². The Balaban J connectivity index is 1.26. The van der Waals surface area contributed by atoms with E-state index in [9.17, 15) is 4.79 Å². The van der Waals surface area contributed by atoms with Crippen LogP contribution < -0.4 is 5.32 Å². The fourth-order valence-corrected chi connectivity index (χ4v) is 5.13. The van der Waals surface area contributed by atoms with Crippen molar-refractivity contribution in [2.75, 3.05) is 18.4 Å². The van der Waals surface area contributed by atoms with Gasteiger partial charge in [-0.2, -0.15) is 0 Å². The summed E-state index contributed by atoms with van der Waals surface area (Å²) in [7, 11) is 0. The molecule has 4 nitrogen and oxygen atoms in total. The highest BCUT2D eigenvalue weighted by atomic mass is 35.5. The predicted octanol–water partition coefficient (Wildman–Crippen LogP) is 6.32. The van der Waals surface area contributed by atoms with Crippen LogP contribution in [0.4, 0.5) is 5.69 Å². The number of hydrogen-bond donors (Lipinski definition) is 1. The summed E-state index contributed by atoms with van der Waals surface area (Å²) in [6.07, 6.45) is 1.74. The molecule has 0 atom stereocenters. The molecule has 3 aromatic carbocycles. The molecule has 1 aliphatic heterocycles. The van der Waals surface area contributed by atoms with E-state index in [-0.39, 0.29) is 11.8 Å². The van der Waals surface area contributed by atoms with Gasteiger partial charge in [-0.3, -0.25) is 9.69 Å². The molecule has 0 saturated carbocycles. The maximum Gasteiger partial charge on any atom is 0.227 e. The summed E-state index contributed by atoms with van der Waals surface area (Å²) in [4.78, 5) is 15.4. The monoisotopic (exact) mass is 445 g/mol. The molecule has 32 heavy (non-hydrogen) atoms. The van der Waals surface area contributed by atoms with Crippen LogP contribution in [0.1, 0.15) is 25.3 Å². The van der Waals surface area contributed by atoms with Crippen LogP contribution in [0.3, 0.4) is 0 Å². The zero-order chi connectivity index (χ0) is 22.1. The number of para-hydroxylation sites is 1. The minimum Gasteiger partial charge on any atom is -0.341 e. The van der Waals surface area contributed by atoms with Crippen LogP contribution in [-0.2, 0) is 17.9 Å². The van der Waals surface area contributed by atoms with E-state index in [0.717, 1.165) is 55.3 Å². The Morgan fingerprint density at radius 3 is 2.47 bits per heavy atom. The Hall–Kier alpha value is -2.82. The first-order chi connectivity index (χ1) is 15.6. The number of carbonyl (C=O) groups is 1. The fraction of sp³-hybridized carbons (Fsp3) is 0.296. The second-order valence-corrected chi connectivity index (χ2v) is 9.03. The summed E-state index contributed by atoms with van der Waals surface area (Å²) in [5.41, 5.74) is 4.47. The number of fused-ring (bicyclic) bond motifs is 3. The van der Waals surface area contributed by atoms with Gasteiger partial charge in [-0.1, -0.05) is 48.0 Å². The minimum absolute atomic E-state index is 0.0465. The quantitative estimate of drug-likeness (QED) is 0.390. The number of benzene rings is 3. The summed E-state index contributed by atoms with van der Waals surface area (Å²) in [6.45, 7) is 5.74. The lowest BCUT2D eigenvalue weighted by atomic mass is 9.95. The van der Waals surface area contributed by atoms with Crippen LogP contribution in [0.5, 0.6) is 0 Å². The van der Waals surface area contributed by atoms with Gasteiger partial charge in [0.05, 0.1) is 0 Å². The summed E-state index contributed by atoms with van der Waals surface area (Å²) < 4.78 is 2.32. The second kappa shape index (κ2) is 8.97. The maximum absolute atomic E-state index is 13.0. The zero-order valence-corrected chi connectivity index (χ0v) is 19.1. The highest BCUT2D eigenvalue weighted by Gasteiger charge is 2.25. The number of aromatic nitrogens is 1. The second-order valence-electron chi connectivity index (χ2n) is 8.62. The van der Waals surface area contributed by atoms with Crippen LogP contribution in [0.2, 0.25) is 5.02 Å². The van der Waals surface area contributed by atoms with Gasteiger partial charge in [0, 0.05) is 51.5 Å². The number of rotatable bonds is 5. The van der Waals surface area contributed by atoms with E-state index in [0.29, 0.717) is 0 Å². The van der Waals surface area contributed by atoms with Gasteiger partial charge in [-0.25, -0.2) is 0 Å². The predicted molar refractivity (Wildman–Crippen MR) is 133 cm³/mol. The summed E-state index contributed by atoms with van der Waals surface area (Å²) in [5.74, 6) is 0.172. The molecule has 1 aromatic heterocycles. The number of aryl methyl sites for hydroxylation is 1. The summed E-state index contributed by atoms with van der Waals surface area (Å²) >= 11 is 6.31. The molecule has 0 aliphatic carbocycles. The van der Waals surface area contributed by atoms with Gasteiger partial charge >= 0.3 is 0 Å². The molecule has 4 aromatic rings. The Morgan fingerprint density at radius 1 is 0.969 bits per heavy atom. The number of halogens is 1. The highest BCUT2D eigenvalue weighted by molar-refractivity contribution is 6.31. The minimum atomic E-state index is 0.0465. The molecule has 0 spiro atoms. The Labute approximate surface area is 193 Å². The number of carbonyl (C=O) groups excluding carboxylic acids is 1. The van der Waals surface area contributed by atoms with Gasteiger partial charge < -0.3 is 9.88 Å². The standard InChI is InChI=1S/C27H28ClN3O/c1-2-31-25-10-6-4-8-22(25)23-17-21(11-12-26(23)31)29-27(32)19-13-15-30(16-14-19)18-20-7-3-5-9-24(20)28/h3-12,17,19H,2,13-16,18H2,1H3,(H,29,32). The van der Waals surface area contributed by atoms with E-state index in [4.69, 9.17) is 11.6 Å². The fourth-order valence-electron chi connectivity index (χ4n) is 4.94. The van der Waals surface area contributed by atoms with Crippen LogP contribution >= 0.6 is 11.6 Å². The number of nitrogens with one attached hydrogen (secondary N) is 1. The van der Waals surface area contributed by atoms with E-state index in [1.165, 1.54) is 21.8 Å². The van der Waals surface area contributed by atoms with Crippen LogP contribution in [0, 0.1) is 5.92 Å². The van der Waals surface area contributed by atoms with Crippen LogP contribution in [0.25, 0.3) is 21.8 Å². The average molecular weight is 446 g/mol. The van der Waals surface area contributed by atoms with Crippen molar-refractivity contribution in [2.45, 2.75) is 32.9 Å². The third kappa shape index (κ3) is 4.01. The number of piperidine rings is 1. The summed E-state index contributed by atoms with van der Waals surface area (Å²) in [5, 5.41) is 6.41. The van der Waals surface area contributed by atoms with Crippen LogP contribution in [0.15, 0.2) is 66.7 Å². The molecular weight excluding hydrogens is 418 g/mol. The molecule has 164 valence electrons. The van der Waals surface area contributed by atoms with Gasteiger partial charge in [0.25, 0.3) is 0 Å². The van der Waals surface area contributed by atoms with Crippen molar-refractivity contribution in [2.24, 2.45) is 5.92 Å². The Kier molecular flexibility index (Phi) is 5.90. The summed E-state index contributed by atoms with van der Waals surface area (Å²) in [6, 6.07) is 22.7. The first-order valence-electron chi connectivity index (χ1n) is 11.4. The zero-order valence-electron chi connectivity index (χ0n) is 18.4. The maximum atomic E-state index is 13.0. The molecule has 0 radical (unpaired) electrons. The van der Waals surface area contributed by atoms with Crippen molar-refractivity contribution in [3.05, 3.63) is 77.3 Å².